The number of carbonyl (C=O) groups excluding carboxylic acids is 4. The van der Waals surface area contributed by atoms with Crippen molar-refractivity contribution in [1.82, 2.24) is 9.80 Å². The fraction of sp³-hybridized carbons (Fsp3) is 0.600. The van der Waals surface area contributed by atoms with Crippen LogP contribution in [0.1, 0.15) is 44.9 Å². The lowest BCUT2D eigenvalue weighted by Crippen LogP contribution is -2.56. The number of fused-ring (bicyclic) bond motifs is 1. The molecule has 208 valence electrons. The van der Waals surface area contributed by atoms with Gasteiger partial charge in [-0.05, 0) is 30.2 Å². The fourth-order valence-corrected chi connectivity index (χ4v) is 5.44. The second-order valence-electron chi connectivity index (χ2n) is 10.9. The van der Waals surface area contributed by atoms with Gasteiger partial charge in [-0.15, -0.1) is 0 Å². The number of benzene rings is 1. The van der Waals surface area contributed by atoms with Crippen molar-refractivity contribution in [2.24, 2.45) is 22.7 Å². The van der Waals surface area contributed by atoms with Crippen LogP contribution in [0.3, 0.4) is 0 Å². The van der Waals surface area contributed by atoms with E-state index in [0.29, 0.717) is 18.9 Å². The Balaban J connectivity index is 1.43. The number of likely N-dealkylation sites (tertiary alicyclic amines) is 1. The summed E-state index contributed by atoms with van der Waals surface area (Å²) in [5.41, 5.74) is 12.5. The Kier molecular flexibility index (Phi) is 6.83. The second kappa shape index (κ2) is 9.99. The van der Waals surface area contributed by atoms with Crippen LogP contribution in [0.5, 0.6) is 5.75 Å². The van der Waals surface area contributed by atoms with Gasteiger partial charge >= 0.3 is 0 Å². The lowest BCUT2D eigenvalue weighted by Gasteiger charge is -2.36. The number of halogens is 2. The molecule has 39 heavy (non-hydrogen) atoms. The van der Waals surface area contributed by atoms with Gasteiger partial charge in [-0.1, -0.05) is 30.8 Å². The van der Waals surface area contributed by atoms with Crippen molar-refractivity contribution in [3.63, 3.8) is 0 Å². The molecular formula is C25H29F2N7O5. The van der Waals surface area contributed by atoms with Crippen LogP contribution < -0.4 is 15.8 Å². The monoisotopic (exact) mass is 545 g/mol. The number of rotatable bonds is 9. The van der Waals surface area contributed by atoms with Crippen LogP contribution in [0.15, 0.2) is 17.2 Å². The third kappa shape index (κ3) is 5.20. The second-order valence-corrected chi connectivity index (χ2v) is 10.9. The quantitative estimate of drug-likeness (QED) is 0.275. The summed E-state index contributed by atoms with van der Waals surface area (Å²) in [5.74, 6) is -4.59. The molecule has 2 heterocycles. The van der Waals surface area contributed by atoms with Crippen LogP contribution in [0.4, 0.5) is 14.5 Å². The highest BCUT2D eigenvalue weighted by molar-refractivity contribution is 6.03. The molecule has 4 atom stereocenters. The molecule has 1 aromatic carbocycles. The summed E-state index contributed by atoms with van der Waals surface area (Å²) in [6.07, 6.45) is 3.98. The van der Waals surface area contributed by atoms with Crippen LogP contribution in [-0.2, 0) is 19.2 Å². The highest BCUT2D eigenvalue weighted by atomic mass is 19.1. The predicted octanol–water partition coefficient (Wildman–Crippen LogP) is 2.23. The number of ether oxygens (including phenoxy) is 1. The van der Waals surface area contributed by atoms with E-state index in [1.165, 1.54) is 11.9 Å². The van der Waals surface area contributed by atoms with Gasteiger partial charge in [-0.25, -0.2) is 8.78 Å². The molecule has 1 spiro atoms. The molecule has 3 fully saturated rings. The van der Waals surface area contributed by atoms with E-state index in [1.807, 2.05) is 0 Å². The smallest absolute Gasteiger partial charge is 0.270 e. The largest absolute Gasteiger partial charge is 0.473 e. The average Bonchev–Trinajstić information content (AvgIpc) is 3.82. The molecule has 0 bridgehead atoms. The zero-order valence-corrected chi connectivity index (χ0v) is 21.3. The molecule has 2 saturated carbocycles. The SMILES string of the molecule is CN(C(=O)C(CC1CC1)N=[N+]=[N-])C(CC1CC1)C(=O)N1C[C@@]2(C[C@H]1C(N)=O)Oc1cc(F)cc(F)c1NC2=O. The first-order chi connectivity index (χ1) is 18.5. The lowest BCUT2D eigenvalue weighted by molar-refractivity contribution is -0.148. The minimum absolute atomic E-state index is 0.186. The van der Waals surface area contributed by atoms with Crippen molar-refractivity contribution in [3.05, 3.63) is 34.2 Å². The van der Waals surface area contributed by atoms with Gasteiger partial charge in [0.25, 0.3) is 5.91 Å². The van der Waals surface area contributed by atoms with E-state index in [4.69, 9.17) is 16.0 Å². The molecule has 2 aliphatic heterocycles. The first-order valence-electron chi connectivity index (χ1n) is 12.9. The molecule has 5 rings (SSSR count). The first kappa shape index (κ1) is 26.7. The summed E-state index contributed by atoms with van der Waals surface area (Å²) in [5, 5.41) is 6.04. The fourth-order valence-electron chi connectivity index (χ4n) is 5.44. The molecule has 14 heteroatoms. The number of nitrogens with two attached hydrogens (primary N) is 1. The number of hydrogen-bond acceptors (Lipinski definition) is 6. The van der Waals surface area contributed by atoms with Crippen LogP contribution in [0, 0.1) is 23.5 Å². The van der Waals surface area contributed by atoms with Crippen molar-refractivity contribution in [3.8, 4) is 5.75 Å². The average molecular weight is 546 g/mol. The predicted molar refractivity (Wildman–Crippen MR) is 132 cm³/mol. The summed E-state index contributed by atoms with van der Waals surface area (Å²) < 4.78 is 33.9. The normalized spacial score (nSPS) is 25.2. The Labute approximate surface area is 222 Å². The molecule has 0 aromatic heterocycles. The summed E-state index contributed by atoms with van der Waals surface area (Å²) in [7, 11) is 1.46. The number of azide groups is 1. The minimum atomic E-state index is -1.82. The van der Waals surface area contributed by atoms with Gasteiger partial charge in [0.2, 0.25) is 23.3 Å². The highest BCUT2D eigenvalue weighted by Crippen LogP contribution is 2.43. The molecule has 4 aliphatic rings. The van der Waals surface area contributed by atoms with Gasteiger partial charge in [0.15, 0.2) is 11.6 Å². The molecular weight excluding hydrogens is 516 g/mol. The maximum absolute atomic E-state index is 14.3. The van der Waals surface area contributed by atoms with E-state index in [-0.39, 0.29) is 29.7 Å². The summed E-state index contributed by atoms with van der Waals surface area (Å²) >= 11 is 0. The number of anilines is 1. The lowest BCUT2D eigenvalue weighted by atomic mass is 9.96. The van der Waals surface area contributed by atoms with Gasteiger partial charge < -0.3 is 25.6 Å². The summed E-state index contributed by atoms with van der Waals surface area (Å²) in [6.45, 7) is -0.423. The number of nitrogens with one attached hydrogen (secondary N) is 1. The standard InChI is InChI=1S/C25H29F2N7O5/c1-33(22(36)16(31-32-29)6-12-2-3-12)17(7-13-4-5-13)23(37)34-11-25(10-18(34)21(28)35)24(38)30-20-15(27)8-14(26)9-19(20)39-25/h8-9,12-13,16-18H,2-7,10-11H2,1H3,(H2,28,35)(H,30,38)/t16?,17?,18-,25+/m0/s1. The molecule has 4 amide bonds. The number of nitrogens with zero attached hydrogens (tertiary/aromatic N) is 5. The Morgan fingerprint density at radius 2 is 1.92 bits per heavy atom. The van der Waals surface area contributed by atoms with Crippen molar-refractivity contribution in [2.75, 3.05) is 18.9 Å². The Bertz CT molecular complexity index is 1280. The molecule has 3 N–H and O–H groups in total. The van der Waals surface area contributed by atoms with E-state index in [0.717, 1.165) is 36.6 Å². The first-order valence-corrected chi connectivity index (χ1v) is 12.9. The van der Waals surface area contributed by atoms with E-state index in [1.54, 1.807) is 0 Å². The number of hydrogen-bond donors (Lipinski definition) is 2. The highest BCUT2D eigenvalue weighted by Gasteiger charge is 2.58. The van der Waals surface area contributed by atoms with Crippen LogP contribution in [-0.4, -0.2) is 70.7 Å². The third-order valence-electron chi connectivity index (χ3n) is 8.00. The third-order valence-corrected chi connectivity index (χ3v) is 8.00. The molecule has 2 unspecified atom stereocenters. The van der Waals surface area contributed by atoms with Crippen molar-refractivity contribution in [1.29, 1.82) is 0 Å². The van der Waals surface area contributed by atoms with Crippen LogP contribution in [0.2, 0.25) is 0 Å². The van der Waals surface area contributed by atoms with E-state index < -0.39 is 65.5 Å². The zero-order chi connectivity index (χ0) is 28.1. The summed E-state index contributed by atoms with van der Waals surface area (Å²) in [6, 6.07) is -1.74. The number of carbonyl (C=O) groups is 4. The Morgan fingerprint density at radius 1 is 1.26 bits per heavy atom. The van der Waals surface area contributed by atoms with Crippen molar-refractivity contribution in [2.45, 2.75) is 68.7 Å². The van der Waals surface area contributed by atoms with Crippen LogP contribution in [0.25, 0.3) is 10.4 Å². The van der Waals surface area contributed by atoms with E-state index in [9.17, 15) is 28.0 Å². The maximum Gasteiger partial charge on any atom is 0.270 e. The van der Waals surface area contributed by atoms with Gasteiger partial charge in [-0.3, -0.25) is 19.2 Å². The van der Waals surface area contributed by atoms with Gasteiger partial charge in [0, 0.05) is 30.5 Å². The van der Waals surface area contributed by atoms with Gasteiger partial charge in [0.1, 0.15) is 29.6 Å². The zero-order valence-electron chi connectivity index (χ0n) is 21.3. The summed E-state index contributed by atoms with van der Waals surface area (Å²) in [4.78, 5) is 58.1. The van der Waals surface area contributed by atoms with Crippen molar-refractivity contribution >= 4 is 29.3 Å². The van der Waals surface area contributed by atoms with Gasteiger partial charge in [0.05, 0.1) is 6.54 Å². The molecule has 0 radical (unpaired) electrons. The maximum atomic E-state index is 14.3. The van der Waals surface area contributed by atoms with Crippen LogP contribution >= 0.6 is 0 Å². The minimum Gasteiger partial charge on any atom is -0.473 e. The van der Waals surface area contributed by atoms with E-state index in [2.05, 4.69) is 15.3 Å². The molecule has 1 saturated heterocycles. The molecule has 2 aliphatic carbocycles. The topological polar surface area (TPSA) is 171 Å². The molecule has 1 aromatic rings. The Hall–Kier alpha value is -3.93. The number of primary amides is 1. The van der Waals surface area contributed by atoms with Crippen molar-refractivity contribution < 1.29 is 32.7 Å². The van der Waals surface area contributed by atoms with E-state index >= 15 is 0 Å². The number of likely N-dealkylation sites (N-methyl/N-ethyl adjacent to an activating group) is 1. The Morgan fingerprint density at radius 3 is 2.54 bits per heavy atom. The molecule has 12 nitrogen and oxygen atoms in total. The number of amides is 4. The van der Waals surface area contributed by atoms with Gasteiger partial charge in [-0.2, -0.15) is 0 Å².